The van der Waals surface area contributed by atoms with E-state index in [-0.39, 0.29) is 28.5 Å². The predicted octanol–water partition coefficient (Wildman–Crippen LogP) is 5.66. The molecule has 3 fully saturated rings. The average molecular weight is 447 g/mol. The largest absolute Gasteiger partial charge is 0.335 e. The molecular weight excluding hydrogens is 412 g/mol. The second-order valence-electron chi connectivity index (χ2n) is 11.5. The lowest BCUT2D eigenvalue weighted by Crippen LogP contribution is -2.59. The van der Waals surface area contributed by atoms with Crippen molar-refractivity contribution in [2.24, 2.45) is 22.7 Å². The Morgan fingerprint density at radius 1 is 1.03 bits per heavy atom. The lowest BCUT2D eigenvalue weighted by molar-refractivity contribution is -0.208. The summed E-state index contributed by atoms with van der Waals surface area (Å²) < 4.78 is 13.5. The van der Waals surface area contributed by atoms with Gasteiger partial charge in [0.1, 0.15) is 6.10 Å². The first-order chi connectivity index (χ1) is 15.6. The van der Waals surface area contributed by atoms with Crippen molar-refractivity contribution >= 4 is 11.6 Å². The van der Waals surface area contributed by atoms with Crippen LogP contribution in [0, 0.1) is 22.7 Å². The van der Waals surface area contributed by atoms with Crippen molar-refractivity contribution in [3.05, 3.63) is 59.2 Å². The fraction of sp³-hybridized carbons (Fsp3) is 0.586. The van der Waals surface area contributed by atoms with Crippen molar-refractivity contribution in [1.29, 1.82) is 0 Å². The number of Topliss-reactive ketones (excluding diaryl/α,β-unsaturated/α-hetero) is 1. The number of fused-ring (bicyclic) bond motifs is 7. The van der Waals surface area contributed by atoms with Gasteiger partial charge in [0.05, 0.1) is 0 Å². The van der Waals surface area contributed by atoms with Gasteiger partial charge >= 0.3 is 0 Å². The highest BCUT2D eigenvalue weighted by Crippen LogP contribution is 2.69. The van der Waals surface area contributed by atoms with Gasteiger partial charge in [-0.2, -0.15) is 0 Å². The maximum Gasteiger partial charge on any atom is 0.194 e. The van der Waals surface area contributed by atoms with Crippen LogP contribution in [0.5, 0.6) is 0 Å². The summed E-state index contributed by atoms with van der Waals surface area (Å²) in [5.74, 6) is 0.320. The smallest absolute Gasteiger partial charge is 0.194 e. The van der Waals surface area contributed by atoms with Gasteiger partial charge in [0.15, 0.2) is 23.0 Å². The zero-order valence-electron chi connectivity index (χ0n) is 20.1. The second kappa shape index (κ2) is 6.76. The van der Waals surface area contributed by atoms with Crippen LogP contribution in [0.3, 0.4) is 0 Å². The molecule has 0 spiro atoms. The molecule has 1 aromatic carbocycles. The SMILES string of the molecule is CC(=O)C12OC(C)(c3ccccc3)O[C@@H]1C=C1[C@@H]3CCC4=CC(=O)CC[C@]4(C)[C@H]3CC[C@@]12C. The third-order valence-corrected chi connectivity index (χ3v) is 10.1. The molecule has 7 atom stereocenters. The van der Waals surface area contributed by atoms with Crippen LogP contribution in [0.2, 0.25) is 0 Å². The summed E-state index contributed by atoms with van der Waals surface area (Å²) in [6.45, 7) is 8.25. The molecule has 1 aliphatic heterocycles. The Morgan fingerprint density at radius 2 is 1.79 bits per heavy atom. The average Bonchev–Trinajstić information content (AvgIpc) is 3.23. The minimum absolute atomic E-state index is 0.0604. The van der Waals surface area contributed by atoms with Crippen molar-refractivity contribution < 1.29 is 19.1 Å². The van der Waals surface area contributed by atoms with E-state index < -0.39 is 11.4 Å². The highest BCUT2D eigenvalue weighted by Gasteiger charge is 2.72. The third kappa shape index (κ3) is 2.60. The van der Waals surface area contributed by atoms with Gasteiger partial charge in [0, 0.05) is 17.4 Å². The zero-order valence-corrected chi connectivity index (χ0v) is 20.1. The molecule has 1 heterocycles. The fourth-order valence-electron chi connectivity index (χ4n) is 8.29. The highest BCUT2D eigenvalue weighted by atomic mass is 16.8. The number of ketones is 2. The molecule has 2 unspecified atom stereocenters. The maximum atomic E-state index is 13.4. The molecule has 4 heteroatoms. The lowest BCUT2D eigenvalue weighted by atomic mass is 9.47. The number of carbonyl (C=O) groups is 2. The summed E-state index contributed by atoms with van der Waals surface area (Å²) in [6, 6.07) is 9.98. The minimum Gasteiger partial charge on any atom is -0.335 e. The Bertz CT molecular complexity index is 1100. The monoisotopic (exact) mass is 446 g/mol. The molecule has 2 saturated carbocycles. The van der Waals surface area contributed by atoms with Crippen molar-refractivity contribution in [3.8, 4) is 0 Å². The molecule has 0 aromatic heterocycles. The van der Waals surface area contributed by atoms with Gasteiger partial charge in [-0.05, 0) is 69.3 Å². The molecular formula is C29H34O4. The first-order valence-corrected chi connectivity index (χ1v) is 12.5. The Kier molecular flexibility index (Phi) is 4.40. The molecule has 1 aromatic rings. The van der Waals surface area contributed by atoms with E-state index in [0.717, 1.165) is 37.7 Å². The van der Waals surface area contributed by atoms with E-state index in [1.54, 1.807) is 6.92 Å². The van der Waals surface area contributed by atoms with E-state index in [1.807, 2.05) is 43.3 Å². The quantitative estimate of drug-likeness (QED) is 0.550. The van der Waals surface area contributed by atoms with Crippen LogP contribution in [0.4, 0.5) is 0 Å². The van der Waals surface area contributed by atoms with E-state index in [4.69, 9.17) is 9.47 Å². The molecule has 0 bridgehead atoms. The molecule has 0 amide bonds. The van der Waals surface area contributed by atoms with Gasteiger partial charge in [0.25, 0.3) is 0 Å². The van der Waals surface area contributed by atoms with Crippen LogP contribution in [0.1, 0.15) is 71.8 Å². The molecule has 4 nitrogen and oxygen atoms in total. The number of allylic oxidation sites excluding steroid dienone is 2. The number of ether oxygens (including phenoxy) is 2. The van der Waals surface area contributed by atoms with Gasteiger partial charge in [0.2, 0.25) is 0 Å². The van der Waals surface area contributed by atoms with E-state index in [9.17, 15) is 9.59 Å². The van der Waals surface area contributed by atoms with Crippen molar-refractivity contribution in [2.45, 2.75) is 83.7 Å². The van der Waals surface area contributed by atoms with Crippen LogP contribution in [0.25, 0.3) is 0 Å². The number of rotatable bonds is 2. The van der Waals surface area contributed by atoms with Crippen molar-refractivity contribution in [2.75, 3.05) is 0 Å². The molecule has 0 radical (unpaired) electrons. The van der Waals surface area contributed by atoms with Crippen LogP contribution in [-0.2, 0) is 24.8 Å². The van der Waals surface area contributed by atoms with Crippen LogP contribution >= 0.6 is 0 Å². The number of benzene rings is 1. The fourth-order valence-corrected chi connectivity index (χ4v) is 8.29. The Balaban J connectivity index is 1.42. The summed E-state index contributed by atoms with van der Waals surface area (Å²) in [6.07, 6.45) is 9.39. The van der Waals surface area contributed by atoms with Crippen molar-refractivity contribution in [3.63, 3.8) is 0 Å². The standard InChI is InChI=1S/C29H34O4/c1-18(30)29-25(32-28(4,33-29)19-8-6-5-7-9-19)17-24-22-11-10-20-16-21(31)12-14-26(20,2)23(22)13-15-27(24,29)3/h5-9,16-17,22-23,25H,10-15H2,1-4H3/t22-,23+,25-,26+,27+,28?,29?/m1/s1. The summed E-state index contributed by atoms with van der Waals surface area (Å²) in [7, 11) is 0. The van der Waals surface area contributed by atoms with Crippen LogP contribution in [0.15, 0.2) is 53.6 Å². The summed E-state index contributed by atoms with van der Waals surface area (Å²) in [5.41, 5.74) is 2.38. The maximum absolute atomic E-state index is 13.4. The van der Waals surface area contributed by atoms with Gasteiger partial charge < -0.3 is 9.47 Å². The number of hydrogen-bond acceptors (Lipinski definition) is 4. The summed E-state index contributed by atoms with van der Waals surface area (Å²) >= 11 is 0. The molecule has 174 valence electrons. The zero-order chi connectivity index (χ0) is 23.2. The Labute approximate surface area is 196 Å². The van der Waals surface area contributed by atoms with E-state index in [2.05, 4.69) is 19.9 Å². The third-order valence-electron chi connectivity index (χ3n) is 10.1. The van der Waals surface area contributed by atoms with E-state index in [1.165, 1.54) is 11.1 Å². The number of carbonyl (C=O) groups excluding carboxylic acids is 2. The molecule has 5 aliphatic rings. The van der Waals surface area contributed by atoms with Gasteiger partial charge in [-0.1, -0.05) is 61.4 Å². The predicted molar refractivity (Wildman–Crippen MR) is 125 cm³/mol. The highest BCUT2D eigenvalue weighted by molar-refractivity contribution is 5.92. The normalized spacial score (nSPS) is 45.9. The van der Waals surface area contributed by atoms with Gasteiger partial charge in [-0.3, -0.25) is 9.59 Å². The molecule has 0 N–H and O–H groups in total. The van der Waals surface area contributed by atoms with Gasteiger partial charge in [-0.15, -0.1) is 0 Å². The first-order valence-electron chi connectivity index (χ1n) is 12.5. The minimum atomic E-state index is -0.989. The van der Waals surface area contributed by atoms with Gasteiger partial charge in [-0.25, -0.2) is 0 Å². The van der Waals surface area contributed by atoms with Crippen LogP contribution in [-0.4, -0.2) is 23.3 Å². The first kappa shape index (κ1) is 21.5. The summed E-state index contributed by atoms with van der Waals surface area (Å²) in [5, 5.41) is 0. The molecule has 4 aliphatic carbocycles. The Hall–Kier alpha value is -2.04. The van der Waals surface area contributed by atoms with Crippen molar-refractivity contribution in [1.82, 2.24) is 0 Å². The summed E-state index contributed by atoms with van der Waals surface area (Å²) in [4.78, 5) is 25.6. The Morgan fingerprint density at radius 3 is 2.52 bits per heavy atom. The van der Waals surface area contributed by atoms with Crippen LogP contribution < -0.4 is 0 Å². The van der Waals surface area contributed by atoms with E-state index in [0.29, 0.717) is 18.3 Å². The van der Waals surface area contributed by atoms with E-state index >= 15 is 0 Å². The lowest BCUT2D eigenvalue weighted by Gasteiger charge is -2.57. The molecule has 33 heavy (non-hydrogen) atoms. The number of hydrogen-bond donors (Lipinski definition) is 0. The second-order valence-corrected chi connectivity index (χ2v) is 11.5. The molecule has 6 rings (SSSR count). The topological polar surface area (TPSA) is 52.6 Å². The molecule has 1 saturated heterocycles.